The van der Waals surface area contributed by atoms with Crippen LogP contribution < -0.4 is 10.6 Å². The third-order valence-electron chi connectivity index (χ3n) is 4.70. The van der Waals surface area contributed by atoms with Gasteiger partial charge in [0.25, 0.3) is 0 Å². The molecule has 1 aliphatic carbocycles. The summed E-state index contributed by atoms with van der Waals surface area (Å²) in [4.78, 5) is 12.2. The number of aliphatic hydroxyl groups is 1. The van der Waals surface area contributed by atoms with Crippen molar-refractivity contribution in [2.24, 2.45) is 11.8 Å². The monoisotopic (exact) mass is 254 g/mol. The number of piperidine rings is 1. The van der Waals surface area contributed by atoms with Gasteiger partial charge in [-0.2, -0.15) is 0 Å². The van der Waals surface area contributed by atoms with Gasteiger partial charge >= 0.3 is 0 Å². The summed E-state index contributed by atoms with van der Waals surface area (Å²) < 4.78 is 0. The predicted molar refractivity (Wildman–Crippen MR) is 71.2 cm³/mol. The van der Waals surface area contributed by atoms with Crippen LogP contribution in [0.3, 0.4) is 0 Å². The Bertz CT molecular complexity index is 288. The topological polar surface area (TPSA) is 61.4 Å². The van der Waals surface area contributed by atoms with Gasteiger partial charge in [-0.15, -0.1) is 0 Å². The van der Waals surface area contributed by atoms with E-state index in [1.165, 1.54) is 6.42 Å². The van der Waals surface area contributed by atoms with Crippen LogP contribution in [-0.4, -0.2) is 36.2 Å². The molecule has 1 saturated carbocycles. The van der Waals surface area contributed by atoms with Crippen molar-refractivity contribution < 1.29 is 9.90 Å². The molecular formula is C14H26N2O2. The van der Waals surface area contributed by atoms with Crippen molar-refractivity contribution in [3.05, 3.63) is 0 Å². The fourth-order valence-corrected chi connectivity index (χ4v) is 3.29. The van der Waals surface area contributed by atoms with Crippen LogP contribution in [0.25, 0.3) is 0 Å². The van der Waals surface area contributed by atoms with Gasteiger partial charge in [0.05, 0.1) is 5.54 Å². The Morgan fingerprint density at radius 3 is 2.78 bits per heavy atom. The summed E-state index contributed by atoms with van der Waals surface area (Å²) >= 11 is 0. The molecule has 1 heterocycles. The largest absolute Gasteiger partial charge is 0.396 e. The zero-order valence-electron chi connectivity index (χ0n) is 11.4. The predicted octanol–water partition coefficient (Wildman–Crippen LogP) is 1.04. The van der Waals surface area contributed by atoms with Crippen LogP contribution in [-0.2, 0) is 4.79 Å². The Labute approximate surface area is 110 Å². The molecule has 2 rings (SSSR count). The SMILES string of the molecule is CC1(C(=O)NCC2CCCC2CO)CCCCN1. The highest BCUT2D eigenvalue weighted by Crippen LogP contribution is 2.30. The van der Waals surface area contributed by atoms with Gasteiger partial charge in [-0.1, -0.05) is 6.42 Å². The Hall–Kier alpha value is -0.610. The lowest BCUT2D eigenvalue weighted by atomic mass is 9.89. The molecule has 0 radical (unpaired) electrons. The molecule has 4 heteroatoms. The fourth-order valence-electron chi connectivity index (χ4n) is 3.29. The average molecular weight is 254 g/mol. The molecule has 2 aliphatic rings. The molecule has 0 aromatic heterocycles. The number of carbonyl (C=O) groups excluding carboxylic acids is 1. The molecule has 1 amide bonds. The van der Waals surface area contributed by atoms with Gasteiger partial charge in [0.2, 0.25) is 5.91 Å². The van der Waals surface area contributed by atoms with E-state index in [1.54, 1.807) is 0 Å². The number of hydrogen-bond acceptors (Lipinski definition) is 3. The van der Waals surface area contributed by atoms with Gasteiger partial charge in [-0.3, -0.25) is 4.79 Å². The molecule has 0 aromatic carbocycles. The van der Waals surface area contributed by atoms with E-state index >= 15 is 0 Å². The van der Waals surface area contributed by atoms with Crippen molar-refractivity contribution >= 4 is 5.91 Å². The van der Waals surface area contributed by atoms with Crippen molar-refractivity contribution in [2.45, 2.75) is 51.0 Å². The van der Waals surface area contributed by atoms with Crippen molar-refractivity contribution in [1.82, 2.24) is 10.6 Å². The maximum absolute atomic E-state index is 12.2. The Balaban J connectivity index is 1.80. The quantitative estimate of drug-likeness (QED) is 0.702. The molecule has 1 aliphatic heterocycles. The first-order chi connectivity index (χ1) is 8.65. The van der Waals surface area contributed by atoms with Gasteiger partial charge < -0.3 is 15.7 Å². The highest BCUT2D eigenvalue weighted by molar-refractivity contribution is 5.85. The first-order valence-corrected chi connectivity index (χ1v) is 7.30. The van der Waals surface area contributed by atoms with Crippen LogP contribution in [0.4, 0.5) is 0 Å². The second kappa shape index (κ2) is 6.02. The summed E-state index contributed by atoms with van der Waals surface area (Å²) in [5.74, 6) is 0.981. The molecule has 18 heavy (non-hydrogen) atoms. The van der Waals surface area contributed by atoms with Gasteiger partial charge in [0.15, 0.2) is 0 Å². The average Bonchev–Trinajstić information content (AvgIpc) is 2.84. The van der Waals surface area contributed by atoms with Crippen LogP contribution in [0.5, 0.6) is 0 Å². The van der Waals surface area contributed by atoms with E-state index in [2.05, 4.69) is 10.6 Å². The van der Waals surface area contributed by atoms with E-state index in [0.29, 0.717) is 11.8 Å². The van der Waals surface area contributed by atoms with E-state index in [4.69, 9.17) is 0 Å². The minimum absolute atomic E-state index is 0.130. The smallest absolute Gasteiger partial charge is 0.240 e. The zero-order chi connectivity index (χ0) is 13.0. The van der Waals surface area contributed by atoms with Crippen LogP contribution >= 0.6 is 0 Å². The number of hydrogen-bond donors (Lipinski definition) is 3. The number of amides is 1. The molecule has 3 unspecified atom stereocenters. The lowest BCUT2D eigenvalue weighted by Gasteiger charge is -2.34. The first kappa shape index (κ1) is 13.8. The lowest BCUT2D eigenvalue weighted by Crippen LogP contribution is -2.57. The second-order valence-electron chi connectivity index (χ2n) is 6.06. The summed E-state index contributed by atoms with van der Waals surface area (Å²) in [5.41, 5.74) is -0.383. The van der Waals surface area contributed by atoms with Crippen molar-refractivity contribution in [1.29, 1.82) is 0 Å². The molecule has 2 fully saturated rings. The number of nitrogens with one attached hydrogen (secondary N) is 2. The summed E-state index contributed by atoms with van der Waals surface area (Å²) in [6.07, 6.45) is 6.63. The summed E-state index contributed by atoms with van der Waals surface area (Å²) in [7, 11) is 0. The summed E-state index contributed by atoms with van der Waals surface area (Å²) in [6, 6.07) is 0. The standard InChI is InChI=1S/C14H26N2O2/c1-14(7-2-3-8-16-14)13(18)15-9-11-5-4-6-12(11)10-17/h11-12,16-17H,2-10H2,1H3,(H,15,18). The Morgan fingerprint density at radius 2 is 2.11 bits per heavy atom. The molecule has 3 N–H and O–H groups in total. The normalized spacial score (nSPS) is 36.6. The summed E-state index contributed by atoms with van der Waals surface area (Å²) in [5, 5.41) is 15.7. The molecule has 0 bridgehead atoms. The Morgan fingerprint density at radius 1 is 1.33 bits per heavy atom. The lowest BCUT2D eigenvalue weighted by molar-refractivity contribution is -0.128. The fraction of sp³-hybridized carbons (Fsp3) is 0.929. The minimum Gasteiger partial charge on any atom is -0.396 e. The van der Waals surface area contributed by atoms with E-state index in [9.17, 15) is 9.90 Å². The van der Waals surface area contributed by atoms with E-state index in [1.807, 2.05) is 6.92 Å². The maximum atomic E-state index is 12.2. The van der Waals surface area contributed by atoms with Crippen molar-refractivity contribution in [3.63, 3.8) is 0 Å². The highest BCUT2D eigenvalue weighted by atomic mass is 16.3. The third kappa shape index (κ3) is 3.04. The van der Waals surface area contributed by atoms with Crippen molar-refractivity contribution in [2.75, 3.05) is 19.7 Å². The first-order valence-electron chi connectivity index (χ1n) is 7.30. The molecule has 1 saturated heterocycles. The molecule has 3 atom stereocenters. The van der Waals surface area contributed by atoms with Gasteiger partial charge in [-0.25, -0.2) is 0 Å². The van der Waals surface area contributed by atoms with E-state index < -0.39 is 0 Å². The zero-order valence-corrected chi connectivity index (χ0v) is 11.4. The van der Waals surface area contributed by atoms with Gasteiger partial charge in [-0.05, 0) is 57.4 Å². The minimum atomic E-state index is -0.383. The molecule has 0 aromatic rings. The number of carbonyl (C=O) groups is 1. The number of aliphatic hydroxyl groups excluding tert-OH is 1. The second-order valence-corrected chi connectivity index (χ2v) is 6.06. The molecule has 4 nitrogen and oxygen atoms in total. The highest BCUT2D eigenvalue weighted by Gasteiger charge is 2.35. The van der Waals surface area contributed by atoms with E-state index in [0.717, 1.165) is 45.2 Å². The third-order valence-corrected chi connectivity index (χ3v) is 4.70. The van der Waals surface area contributed by atoms with E-state index in [-0.39, 0.29) is 18.1 Å². The van der Waals surface area contributed by atoms with Gasteiger partial charge in [0.1, 0.15) is 0 Å². The molecule has 104 valence electrons. The molecule has 0 spiro atoms. The Kier molecular flexibility index (Phi) is 4.62. The van der Waals surface area contributed by atoms with Crippen LogP contribution in [0.2, 0.25) is 0 Å². The summed E-state index contributed by atoms with van der Waals surface area (Å²) in [6.45, 7) is 3.92. The van der Waals surface area contributed by atoms with Crippen LogP contribution in [0.15, 0.2) is 0 Å². The number of rotatable bonds is 4. The molecular weight excluding hydrogens is 228 g/mol. The van der Waals surface area contributed by atoms with Crippen LogP contribution in [0, 0.1) is 11.8 Å². The van der Waals surface area contributed by atoms with Crippen LogP contribution in [0.1, 0.15) is 45.4 Å². The van der Waals surface area contributed by atoms with Gasteiger partial charge in [0, 0.05) is 13.2 Å². The maximum Gasteiger partial charge on any atom is 0.240 e. The van der Waals surface area contributed by atoms with Crippen molar-refractivity contribution in [3.8, 4) is 0 Å².